The van der Waals surface area contributed by atoms with E-state index in [1.165, 1.54) is 18.4 Å². The van der Waals surface area contributed by atoms with Gasteiger partial charge in [-0.25, -0.2) is 0 Å². The van der Waals surface area contributed by atoms with Crippen molar-refractivity contribution in [3.63, 3.8) is 0 Å². The maximum atomic E-state index is 6.36. The molecule has 3 unspecified atom stereocenters. The van der Waals surface area contributed by atoms with Crippen molar-refractivity contribution in [2.24, 2.45) is 11.8 Å². The molecule has 116 valence electrons. The van der Waals surface area contributed by atoms with Gasteiger partial charge in [0.05, 0.1) is 0 Å². The molecule has 0 bridgehead atoms. The van der Waals surface area contributed by atoms with E-state index in [1.54, 1.807) is 0 Å². The minimum Gasteiger partial charge on any atom is -0.490 e. The number of piperidine rings is 1. The number of nitrogens with one attached hydrogen (secondary N) is 2. The molecule has 3 rings (SSSR count). The van der Waals surface area contributed by atoms with E-state index in [1.807, 2.05) is 0 Å². The van der Waals surface area contributed by atoms with E-state index in [4.69, 9.17) is 4.74 Å². The van der Waals surface area contributed by atoms with E-state index in [2.05, 4.69) is 48.7 Å². The second-order valence-corrected chi connectivity index (χ2v) is 6.78. The number of hydrogen-bond acceptors (Lipinski definition) is 3. The van der Waals surface area contributed by atoms with E-state index < -0.39 is 0 Å². The quantitative estimate of drug-likeness (QED) is 0.893. The van der Waals surface area contributed by atoms with Crippen molar-refractivity contribution < 1.29 is 4.74 Å². The second kappa shape index (κ2) is 6.80. The summed E-state index contributed by atoms with van der Waals surface area (Å²) in [5.74, 6) is 2.30. The third kappa shape index (κ3) is 3.58. The maximum absolute atomic E-state index is 6.36. The molecule has 1 aromatic carbocycles. The zero-order valence-corrected chi connectivity index (χ0v) is 13.3. The summed E-state index contributed by atoms with van der Waals surface area (Å²) in [6, 6.07) is 9.22. The fourth-order valence-corrected chi connectivity index (χ4v) is 3.62. The molecule has 0 radical (unpaired) electrons. The van der Waals surface area contributed by atoms with Crippen molar-refractivity contribution >= 4 is 0 Å². The Balaban J connectivity index is 1.70. The summed E-state index contributed by atoms with van der Waals surface area (Å²) >= 11 is 0. The minimum absolute atomic E-state index is 0.345. The zero-order chi connectivity index (χ0) is 14.7. The summed E-state index contributed by atoms with van der Waals surface area (Å²) in [6.45, 7) is 7.88. The van der Waals surface area contributed by atoms with E-state index >= 15 is 0 Å². The molecule has 0 aliphatic carbocycles. The smallest absolute Gasteiger partial charge is 0.120 e. The van der Waals surface area contributed by atoms with Gasteiger partial charge < -0.3 is 15.4 Å². The summed E-state index contributed by atoms with van der Waals surface area (Å²) < 4.78 is 6.36. The van der Waals surface area contributed by atoms with Crippen LogP contribution in [0.3, 0.4) is 0 Å². The van der Waals surface area contributed by atoms with E-state index in [0.717, 1.165) is 31.8 Å². The largest absolute Gasteiger partial charge is 0.490 e. The third-order valence-electron chi connectivity index (χ3n) is 4.93. The predicted octanol–water partition coefficient (Wildman–Crippen LogP) is 3.12. The van der Waals surface area contributed by atoms with Crippen molar-refractivity contribution in [3.8, 4) is 5.75 Å². The SMILES string of the molecule is CC(C)C1CNCCC1Oc1cccc(C2CCCN2)c1. The molecular weight excluding hydrogens is 260 g/mol. The topological polar surface area (TPSA) is 33.3 Å². The molecule has 21 heavy (non-hydrogen) atoms. The van der Waals surface area contributed by atoms with Gasteiger partial charge in [-0.1, -0.05) is 26.0 Å². The summed E-state index contributed by atoms with van der Waals surface area (Å²) in [6.07, 6.45) is 3.97. The summed E-state index contributed by atoms with van der Waals surface area (Å²) in [4.78, 5) is 0. The molecule has 3 atom stereocenters. The number of hydrogen-bond donors (Lipinski definition) is 2. The van der Waals surface area contributed by atoms with Crippen LogP contribution in [0.1, 0.15) is 44.7 Å². The van der Waals surface area contributed by atoms with Gasteiger partial charge in [-0.3, -0.25) is 0 Å². The van der Waals surface area contributed by atoms with Crippen LogP contribution in [0.4, 0.5) is 0 Å². The molecular formula is C18H28N2O. The maximum Gasteiger partial charge on any atom is 0.120 e. The molecule has 2 N–H and O–H groups in total. The van der Waals surface area contributed by atoms with Crippen molar-refractivity contribution in [1.29, 1.82) is 0 Å². The van der Waals surface area contributed by atoms with E-state index in [-0.39, 0.29) is 0 Å². The van der Waals surface area contributed by atoms with Gasteiger partial charge in [0.15, 0.2) is 0 Å². The molecule has 2 heterocycles. The summed E-state index contributed by atoms with van der Waals surface area (Å²) in [7, 11) is 0. The van der Waals surface area contributed by atoms with Crippen LogP contribution < -0.4 is 15.4 Å². The van der Waals surface area contributed by atoms with Gasteiger partial charge in [-0.05, 0) is 56.0 Å². The van der Waals surface area contributed by atoms with Gasteiger partial charge in [0.1, 0.15) is 11.9 Å². The lowest BCUT2D eigenvalue weighted by molar-refractivity contribution is 0.0761. The fourth-order valence-electron chi connectivity index (χ4n) is 3.62. The molecule has 1 aromatic rings. The molecule has 0 aromatic heterocycles. The standard InChI is InChI=1S/C18H28N2O/c1-13(2)16-12-19-10-8-18(16)21-15-6-3-5-14(11-15)17-7-4-9-20-17/h3,5-6,11,13,16-20H,4,7-10,12H2,1-2H3. The first kappa shape index (κ1) is 14.9. The highest BCUT2D eigenvalue weighted by Gasteiger charge is 2.29. The van der Waals surface area contributed by atoms with E-state index in [0.29, 0.717) is 24.0 Å². The van der Waals surface area contributed by atoms with Crippen LogP contribution >= 0.6 is 0 Å². The molecule has 0 amide bonds. The molecule has 3 heteroatoms. The molecule has 0 saturated carbocycles. The minimum atomic E-state index is 0.345. The molecule has 2 saturated heterocycles. The highest BCUT2D eigenvalue weighted by atomic mass is 16.5. The van der Waals surface area contributed by atoms with Crippen LogP contribution in [0.5, 0.6) is 5.75 Å². The Labute approximate surface area is 128 Å². The predicted molar refractivity (Wildman–Crippen MR) is 86.7 cm³/mol. The summed E-state index contributed by atoms with van der Waals surface area (Å²) in [5.41, 5.74) is 1.38. The number of benzene rings is 1. The van der Waals surface area contributed by atoms with Gasteiger partial charge in [0.25, 0.3) is 0 Å². The lowest BCUT2D eigenvalue weighted by atomic mass is 9.86. The Morgan fingerprint density at radius 3 is 2.86 bits per heavy atom. The van der Waals surface area contributed by atoms with Crippen LogP contribution in [0, 0.1) is 11.8 Å². The van der Waals surface area contributed by atoms with Gasteiger partial charge >= 0.3 is 0 Å². The highest BCUT2D eigenvalue weighted by molar-refractivity contribution is 5.31. The average molecular weight is 288 g/mol. The van der Waals surface area contributed by atoms with Gasteiger partial charge in [-0.15, -0.1) is 0 Å². The van der Waals surface area contributed by atoms with Gasteiger partial charge in [0.2, 0.25) is 0 Å². The summed E-state index contributed by atoms with van der Waals surface area (Å²) in [5, 5.41) is 7.06. The Morgan fingerprint density at radius 1 is 1.19 bits per heavy atom. The molecule has 3 nitrogen and oxygen atoms in total. The van der Waals surface area contributed by atoms with Crippen LogP contribution in [0.15, 0.2) is 24.3 Å². The first-order valence-corrected chi connectivity index (χ1v) is 8.45. The van der Waals surface area contributed by atoms with Crippen molar-refractivity contribution in [2.75, 3.05) is 19.6 Å². The van der Waals surface area contributed by atoms with Crippen molar-refractivity contribution in [1.82, 2.24) is 10.6 Å². The average Bonchev–Trinajstić information content (AvgIpc) is 3.02. The molecule has 2 aliphatic heterocycles. The third-order valence-corrected chi connectivity index (χ3v) is 4.93. The van der Waals surface area contributed by atoms with E-state index in [9.17, 15) is 0 Å². The van der Waals surface area contributed by atoms with Crippen molar-refractivity contribution in [3.05, 3.63) is 29.8 Å². The van der Waals surface area contributed by atoms with Crippen molar-refractivity contribution in [2.45, 2.75) is 45.3 Å². The molecule has 2 aliphatic rings. The monoisotopic (exact) mass is 288 g/mol. The lowest BCUT2D eigenvalue weighted by Crippen LogP contribution is -2.45. The van der Waals surface area contributed by atoms with Crippen LogP contribution in [-0.2, 0) is 0 Å². The first-order valence-electron chi connectivity index (χ1n) is 8.45. The molecule has 2 fully saturated rings. The van der Waals surface area contributed by atoms with Gasteiger partial charge in [-0.2, -0.15) is 0 Å². The first-order chi connectivity index (χ1) is 10.2. The van der Waals surface area contributed by atoms with Crippen LogP contribution in [0.2, 0.25) is 0 Å². The van der Waals surface area contributed by atoms with Gasteiger partial charge in [0, 0.05) is 18.5 Å². The normalized spacial score (nSPS) is 29.8. The number of ether oxygens (including phenoxy) is 1. The number of rotatable bonds is 4. The Kier molecular flexibility index (Phi) is 4.81. The fraction of sp³-hybridized carbons (Fsp3) is 0.667. The van der Waals surface area contributed by atoms with Crippen LogP contribution in [-0.4, -0.2) is 25.7 Å². The Hall–Kier alpha value is -1.06. The Morgan fingerprint density at radius 2 is 2.10 bits per heavy atom. The highest BCUT2D eigenvalue weighted by Crippen LogP contribution is 2.29. The second-order valence-electron chi connectivity index (χ2n) is 6.78. The Bertz CT molecular complexity index is 454. The lowest BCUT2D eigenvalue weighted by Gasteiger charge is -2.35. The van der Waals surface area contributed by atoms with Crippen LogP contribution in [0.25, 0.3) is 0 Å². The molecule has 0 spiro atoms. The zero-order valence-electron chi connectivity index (χ0n) is 13.3.